The van der Waals surface area contributed by atoms with Crippen molar-refractivity contribution in [2.24, 2.45) is 40.9 Å². The molecule has 0 spiro atoms. The van der Waals surface area contributed by atoms with Crippen molar-refractivity contribution in [1.82, 2.24) is 0 Å². The van der Waals surface area contributed by atoms with Crippen LogP contribution in [-0.4, -0.2) is 12.2 Å². The van der Waals surface area contributed by atoms with Crippen LogP contribution in [0.1, 0.15) is 58.8 Å². The number of rotatable bonds is 1. The predicted octanol–water partition coefficient (Wildman–Crippen LogP) is 5.26. The minimum absolute atomic E-state index is 0.157. The van der Waals surface area contributed by atoms with E-state index in [-0.39, 0.29) is 5.41 Å². The molecule has 23 heavy (non-hydrogen) atoms. The van der Waals surface area contributed by atoms with E-state index in [4.69, 9.17) is 0 Å². The lowest BCUT2D eigenvalue weighted by Crippen LogP contribution is -2.50. The third-order valence-electron chi connectivity index (χ3n) is 8.02. The molecular formula is C20H28F2O. The predicted molar refractivity (Wildman–Crippen MR) is 86.1 cm³/mol. The molecule has 7 atom stereocenters. The molecule has 0 saturated heterocycles. The van der Waals surface area contributed by atoms with Crippen LogP contribution in [0.2, 0.25) is 0 Å². The van der Waals surface area contributed by atoms with E-state index < -0.39 is 12.3 Å². The highest BCUT2D eigenvalue weighted by Crippen LogP contribution is 2.65. The number of fused-ring (bicyclic) bond motifs is 5. The van der Waals surface area contributed by atoms with Crippen molar-refractivity contribution >= 4 is 5.78 Å². The van der Waals surface area contributed by atoms with Gasteiger partial charge in [0, 0.05) is 12.3 Å². The van der Waals surface area contributed by atoms with Gasteiger partial charge in [-0.05, 0) is 79.6 Å². The van der Waals surface area contributed by atoms with Crippen LogP contribution in [0.15, 0.2) is 11.6 Å². The van der Waals surface area contributed by atoms with E-state index in [1.54, 1.807) is 0 Å². The monoisotopic (exact) mass is 322 g/mol. The average Bonchev–Trinajstić information content (AvgIpc) is 2.84. The Morgan fingerprint density at radius 3 is 2.74 bits per heavy atom. The minimum Gasteiger partial charge on any atom is -0.295 e. The normalized spacial score (nSPS) is 49.4. The molecule has 0 bridgehead atoms. The van der Waals surface area contributed by atoms with Gasteiger partial charge in [0.1, 0.15) is 0 Å². The summed E-state index contributed by atoms with van der Waals surface area (Å²) in [6.07, 6.45) is 6.20. The standard InChI is InChI=1S/C20H28F2O/c1-11-9-12-10-13(23)3-4-14(12)15-7-8-20(2)16(18(11)15)5-6-17(20)19(21)22/h10-11,14-19H,3-9H2,1-2H3/t11-,14+,15-,16+,17-,18-,20+/m1/s1. The topological polar surface area (TPSA) is 17.1 Å². The Hall–Kier alpha value is -0.730. The lowest BCUT2D eigenvalue weighted by Gasteiger charge is -2.56. The van der Waals surface area contributed by atoms with Crippen molar-refractivity contribution in [1.29, 1.82) is 0 Å². The van der Waals surface area contributed by atoms with Gasteiger partial charge >= 0.3 is 0 Å². The molecule has 0 aromatic rings. The first-order chi connectivity index (χ1) is 10.9. The summed E-state index contributed by atoms with van der Waals surface area (Å²) in [5.74, 6) is 2.68. The van der Waals surface area contributed by atoms with Gasteiger partial charge in [0.25, 0.3) is 0 Å². The van der Waals surface area contributed by atoms with Crippen LogP contribution in [-0.2, 0) is 4.79 Å². The number of alkyl halides is 2. The van der Waals surface area contributed by atoms with Gasteiger partial charge in [0.05, 0.1) is 0 Å². The van der Waals surface area contributed by atoms with Crippen molar-refractivity contribution in [3.05, 3.63) is 11.6 Å². The summed E-state index contributed by atoms with van der Waals surface area (Å²) < 4.78 is 27.1. The van der Waals surface area contributed by atoms with E-state index in [9.17, 15) is 13.6 Å². The Labute approximate surface area is 137 Å². The highest BCUT2D eigenvalue weighted by atomic mass is 19.3. The molecule has 3 heteroatoms. The van der Waals surface area contributed by atoms with E-state index in [1.165, 1.54) is 5.57 Å². The average molecular weight is 322 g/mol. The molecule has 4 aliphatic carbocycles. The van der Waals surface area contributed by atoms with Crippen LogP contribution in [0.5, 0.6) is 0 Å². The van der Waals surface area contributed by atoms with Crippen LogP contribution >= 0.6 is 0 Å². The first-order valence-electron chi connectivity index (χ1n) is 9.43. The van der Waals surface area contributed by atoms with Gasteiger partial charge in [0.15, 0.2) is 5.78 Å². The summed E-state index contributed by atoms with van der Waals surface area (Å²) in [5, 5.41) is 0. The Bertz CT molecular complexity index is 540. The van der Waals surface area contributed by atoms with Crippen molar-refractivity contribution in [3.63, 3.8) is 0 Å². The molecule has 3 saturated carbocycles. The molecule has 0 amide bonds. The van der Waals surface area contributed by atoms with Gasteiger partial charge in [-0.2, -0.15) is 0 Å². The molecule has 4 aliphatic rings. The Kier molecular flexibility index (Phi) is 3.70. The SMILES string of the molecule is C[C@@H]1CC2=CC(=O)CC[C@@H]2[C@H]2CC[C@]3(C)[C@@H](C(F)F)CC[C@H]3[C@@H]21. The van der Waals surface area contributed by atoms with Gasteiger partial charge in [-0.1, -0.05) is 19.4 Å². The highest BCUT2D eigenvalue weighted by Gasteiger charge is 2.59. The summed E-state index contributed by atoms with van der Waals surface area (Å²) in [5.41, 5.74) is 1.22. The highest BCUT2D eigenvalue weighted by molar-refractivity contribution is 5.91. The molecule has 0 aromatic carbocycles. The second kappa shape index (κ2) is 5.39. The Morgan fingerprint density at radius 2 is 2.00 bits per heavy atom. The van der Waals surface area contributed by atoms with E-state index in [0.29, 0.717) is 48.2 Å². The molecule has 0 aromatic heterocycles. The Morgan fingerprint density at radius 1 is 1.22 bits per heavy atom. The Balaban J connectivity index is 1.65. The molecule has 4 rings (SSSR count). The zero-order chi connectivity index (χ0) is 16.4. The van der Waals surface area contributed by atoms with E-state index >= 15 is 0 Å². The van der Waals surface area contributed by atoms with Gasteiger partial charge in [-0.3, -0.25) is 4.79 Å². The zero-order valence-electron chi connectivity index (χ0n) is 14.2. The zero-order valence-corrected chi connectivity index (χ0v) is 14.2. The van der Waals surface area contributed by atoms with E-state index in [1.807, 2.05) is 6.08 Å². The van der Waals surface area contributed by atoms with Gasteiger partial charge in [-0.25, -0.2) is 8.78 Å². The third kappa shape index (κ3) is 2.25. The van der Waals surface area contributed by atoms with Crippen LogP contribution in [0, 0.1) is 40.9 Å². The van der Waals surface area contributed by atoms with Crippen molar-refractivity contribution in [3.8, 4) is 0 Å². The molecule has 0 N–H and O–H groups in total. The number of hydrogen-bond acceptors (Lipinski definition) is 1. The fourth-order valence-corrected chi connectivity index (χ4v) is 7.04. The van der Waals surface area contributed by atoms with Crippen LogP contribution < -0.4 is 0 Å². The summed E-state index contributed by atoms with van der Waals surface area (Å²) in [6, 6.07) is 0. The van der Waals surface area contributed by atoms with Gasteiger partial charge < -0.3 is 0 Å². The fourth-order valence-electron chi connectivity index (χ4n) is 7.04. The van der Waals surface area contributed by atoms with Crippen molar-refractivity contribution < 1.29 is 13.6 Å². The summed E-state index contributed by atoms with van der Waals surface area (Å²) >= 11 is 0. The van der Waals surface area contributed by atoms with Gasteiger partial charge in [-0.15, -0.1) is 0 Å². The molecule has 0 unspecified atom stereocenters. The molecule has 128 valence electrons. The summed E-state index contributed by atoms with van der Waals surface area (Å²) in [7, 11) is 0. The third-order valence-corrected chi connectivity index (χ3v) is 8.02. The molecule has 1 nitrogen and oxygen atoms in total. The second-order valence-corrected chi connectivity index (χ2v) is 8.92. The number of allylic oxidation sites excluding steroid dienone is 1. The second-order valence-electron chi connectivity index (χ2n) is 8.92. The van der Waals surface area contributed by atoms with E-state index in [2.05, 4.69) is 13.8 Å². The minimum atomic E-state index is -2.16. The molecular weight excluding hydrogens is 294 g/mol. The number of hydrogen-bond donors (Lipinski definition) is 0. The smallest absolute Gasteiger partial charge is 0.241 e. The maximum absolute atomic E-state index is 13.5. The number of carbonyl (C=O) groups excluding carboxylic acids is 1. The number of ketones is 1. The van der Waals surface area contributed by atoms with Crippen LogP contribution in [0.4, 0.5) is 8.78 Å². The molecule has 3 fully saturated rings. The largest absolute Gasteiger partial charge is 0.295 e. The number of halogens is 2. The maximum Gasteiger partial charge on any atom is 0.241 e. The summed E-state index contributed by atoms with van der Waals surface area (Å²) in [6.45, 7) is 4.45. The van der Waals surface area contributed by atoms with Crippen LogP contribution in [0.3, 0.4) is 0 Å². The van der Waals surface area contributed by atoms with Crippen molar-refractivity contribution in [2.45, 2.75) is 65.2 Å². The first-order valence-corrected chi connectivity index (χ1v) is 9.43. The maximum atomic E-state index is 13.5. The molecule has 0 heterocycles. The van der Waals surface area contributed by atoms with E-state index in [0.717, 1.165) is 32.1 Å². The lowest BCUT2D eigenvalue weighted by molar-refractivity contribution is -0.116. The molecule has 0 radical (unpaired) electrons. The van der Waals surface area contributed by atoms with Crippen LogP contribution in [0.25, 0.3) is 0 Å². The summed E-state index contributed by atoms with van der Waals surface area (Å²) in [4.78, 5) is 11.8. The fraction of sp³-hybridized carbons (Fsp3) is 0.850. The quantitative estimate of drug-likeness (QED) is 0.644. The van der Waals surface area contributed by atoms with Gasteiger partial charge in [0.2, 0.25) is 6.43 Å². The molecule has 0 aliphatic heterocycles. The lowest BCUT2D eigenvalue weighted by atomic mass is 9.49. The van der Waals surface area contributed by atoms with Crippen molar-refractivity contribution in [2.75, 3.05) is 0 Å². The first kappa shape index (κ1) is 15.8. The number of carbonyl (C=O) groups is 1.